The third-order valence-corrected chi connectivity index (χ3v) is 6.09. The molecule has 2 heterocycles. The molecule has 29 heavy (non-hydrogen) atoms. The molecule has 2 aliphatic heterocycles. The lowest BCUT2D eigenvalue weighted by Gasteiger charge is -2.38. The van der Waals surface area contributed by atoms with Crippen LogP contribution in [0.5, 0.6) is 0 Å². The van der Waals surface area contributed by atoms with Crippen LogP contribution in [-0.4, -0.2) is 78.9 Å². The maximum absolute atomic E-state index is 12.7. The molecule has 0 aromatic heterocycles. The number of benzene rings is 1. The Balaban J connectivity index is 1.38. The molecule has 0 bridgehead atoms. The molecular formula is C23H36N4O2. The fraction of sp³-hybridized carbons (Fsp3) is 0.652. The van der Waals surface area contributed by atoms with Gasteiger partial charge in [-0.2, -0.15) is 0 Å². The summed E-state index contributed by atoms with van der Waals surface area (Å²) >= 11 is 0. The first-order valence-electron chi connectivity index (χ1n) is 11.0. The Hall–Kier alpha value is -1.92. The van der Waals surface area contributed by atoms with E-state index in [2.05, 4.69) is 29.0 Å². The minimum Gasteiger partial charge on any atom is -0.348 e. The summed E-state index contributed by atoms with van der Waals surface area (Å²) in [7, 11) is 0. The lowest BCUT2D eigenvalue weighted by Crippen LogP contribution is -2.53. The van der Waals surface area contributed by atoms with Crippen LogP contribution in [0.25, 0.3) is 0 Å². The summed E-state index contributed by atoms with van der Waals surface area (Å²) in [6.45, 7) is 12.5. The van der Waals surface area contributed by atoms with Crippen LogP contribution in [-0.2, 0) is 9.59 Å². The zero-order chi connectivity index (χ0) is 20.8. The topological polar surface area (TPSA) is 55.9 Å². The van der Waals surface area contributed by atoms with Gasteiger partial charge in [-0.15, -0.1) is 0 Å². The molecule has 160 valence electrons. The highest BCUT2D eigenvalue weighted by Gasteiger charge is 2.27. The number of hydrogen-bond donors (Lipinski definition) is 1. The molecule has 6 heteroatoms. The number of carbonyl (C=O) groups is 2. The van der Waals surface area contributed by atoms with Crippen LogP contribution in [0.15, 0.2) is 30.3 Å². The number of nitrogens with one attached hydrogen (secondary N) is 1. The van der Waals surface area contributed by atoms with Crippen LogP contribution < -0.4 is 5.32 Å². The van der Waals surface area contributed by atoms with Crippen molar-refractivity contribution in [3.05, 3.63) is 35.9 Å². The number of amides is 2. The van der Waals surface area contributed by atoms with Gasteiger partial charge in [0.05, 0.1) is 19.1 Å². The first-order chi connectivity index (χ1) is 13.9. The van der Waals surface area contributed by atoms with E-state index < -0.39 is 0 Å². The molecule has 3 atom stereocenters. The molecule has 0 unspecified atom stereocenters. The molecule has 1 N–H and O–H groups in total. The molecule has 0 spiro atoms. The van der Waals surface area contributed by atoms with Gasteiger partial charge in [-0.3, -0.25) is 19.4 Å². The van der Waals surface area contributed by atoms with Crippen molar-refractivity contribution in [3.8, 4) is 0 Å². The molecule has 0 aliphatic carbocycles. The predicted octanol–water partition coefficient (Wildman–Crippen LogP) is 1.99. The fourth-order valence-corrected chi connectivity index (χ4v) is 4.58. The Morgan fingerprint density at radius 3 is 2.10 bits per heavy atom. The molecule has 1 aromatic carbocycles. The average molecular weight is 401 g/mol. The van der Waals surface area contributed by atoms with Crippen molar-refractivity contribution in [1.82, 2.24) is 20.0 Å². The molecule has 6 nitrogen and oxygen atoms in total. The van der Waals surface area contributed by atoms with Gasteiger partial charge in [-0.05, 0) is 30.7 Å². The van der Waals surface area contributed by atoms with E-state index in [0.29, 0.717) is 24.9 Å². The van der Waals surface area contributed by atoms with Crippen molar-refractivity contribution in [3.63, 3.8) is 0 Å². The second-order valence-electron chi connectivity index (χ2n) is 9.00. The van der Waals surface area contributed by atoms with Gasteiger partial charge in [-0.1, -0.05) is 44.2 Å². The summed E-state index contributed by atoms with van der Waals surface area (Å²) in [6.07, 6.45) is 1.22. The summed E-state index contributed by atoms with van der Waals surface area (Å²) in [5.41, 5.74) is 1.12. The molecule has 2 fully saturated rings. The number of hydrogen-bond acceptors (Lipinski definition) is 4. The normalized spacial score (nSPS) is 24.9. The Morgan fingerprint density at radius 2 is 1.52 bits per heavy atom. The molecule has 0 radical (unpaired) electrons. The maximum atomic E-state index is 12.7. The van der Waals surface area contributed by atoms with Crippen LogP contribution in [0.4, 0.5) is 0 Å². The summed E-state index contributed by atoms with van der Waals surface area (Å²) in [4.78, 5) is 31.5. The monoisotopic (exact) mass is 400 g/mol. The van der Waals surface area contributed by atoms with Crippen LogP contribution >= 0.6 is 0 Å². The van der Waals surface area contributed by atoms with Crippen LogP contribution in [0.2, 0.25) is 0 Å². The maximum Gasteiger partial charge on any atom is 0.236 e. The van der Waals surface area contributed by atoms with Gasteiger partial charge in [0.1, 0.15) is 0 Å². The highest BCUT2D eigenvalue weighted by atomic mass is 16.2. The Bertz CT molecular complexity index is 663. The predicted molar refractivity (Wildman–Crippen MR) is 115 cm³/mol. The molecule has 2 saturated heterocycles. The standard InChI is InChI=1S/C23H36N4O2/c1-18-13-19(2)15-27(14-18)23(29)17-26-11-9-25(10-12-26)16-22(28)24-20(3)21-7-5-4-6-8-21/h4-8,18-20H,9-17H2,1-3H3,(H,24,28)/t18-,19+,20-/m0/s1. The summed E-state index contributed by atoms with van der Waals surface area (Å²) < 4.78 is 0. The van der Waals surface area contributed by atoms with Crippen LogP contribution in [0.1, 0.15) is 38.8 Å². The molecule has 2 aliphatic rings. The SMILES string of the molecule is C[C@@H]1C[C@H](C)CN(C(=O)CN2CCN(CC(=O)N[C@@H](C)c3ccccc3)CC2)C1. The smallest absolute Gasteiger partial charge is 0.236 e. The number of carbonyl (C=O) groups excluding carboxylic acids is 2. The molecule has 2 amide bonds. The van der Waals surface area contributed by atoms with E-state index in [1.54, 1.807) is 0 Å². The second-order valence-corrected chi connectivity index (χ2v) is 9.00. The summed E-state index contributed by atoms with van der Waals surface area (Å²) in [5.74, 6) is 1.50. The van der Waals surface area contributed by atoms with Gasteiger partial charge in [-0.25, -0.2) is 0 Å². The van der Waals surface area contributed by atoms with Crippen molar-refractivity contribution >= 4 is 11.8 Å². The van der Waals surface area contributed by atoms with Gasteiger partial charge in [0.2, 0.25) is 11.8 Å². The van der Waals surface area contributed by atoms with Gasteiger partial charge >= 0.3 is 0 Å². The molecule has 1 aromatic rings. The van der Waals surface area contributed by atoms with E-state index in [-0.39, 0.29) is 17.9 Å². The molecule has 3 rings (SSSR count). The lowest BCUT2D eigenvalue weighted by molar-refractivity contribution is -0.135. The van der Waals surface area contributed by atoms with Gasteiger partial charge in [0, 0.05) is 39.3 Å². The van der Waals surface area contributed by atoms with E-state index in [0.717, 1.165) is 44.8 Å². The summed E-state index contributed by atoms with van der Waals surface area (Å²) in [5, 5.41) is 3.08. The lowest BCUT2D eigenvalue weighted by atomic mass is 9.92. The van der Waals surface area contributed by atoms with E-state index >= 15 is 0 Å². The van der Waals surface area contributed by atoms with Crippen molar-refractivity contribution in [1.29, 1.82) is 0 Å². The van der Waals surface area contributed by atoms with Crippen molar-refractivity contribution in [2.24, 2.45) is 11.8 Å². The minimum absolute atomic E-state index is 0.0111. The third-order valence-electron chi connectivity index (χ3n) is 6.09. The van der Waals surface area contributed by atoms with E-state index in [1.165, 1.54) is 6.42 Å². The Morgan fingerprint density at radius 1 is 0.966 bits per heavy atom. The zero-order valence-electron chi connectivity index (χ0n) is 18.1. The largest absolute Gasteiger partial charge is 0.348 e. The molecule has 0 saturated carbocycles. The van der Waals surface area contributed by atoms with Crippen molar-refractivity contribution in [2.45, 2.75) is 33.2 Å². The van der Waals surface area contributed by atoms with Crippen molar-refractivity contribution < 1.29 is 9.59 Å². The molecular weight excluding hydrogens is 364 g/mol. The third kappa shape index (κ3) is 6.54. The van der Waals surface area contributed by atoms with E-state index in [9.17, 15) is 9.59 Å². The van der Waals surface area contributed by atoms with Crippen LogP contribution in [0.3, 0.4) is 0 Å². The average Bonchev–Trinajstić information content (AvgIpc) is 2.69. The second kappa shape index (κ2) is 10.2. The zero-order valence-corrected chi connectivity index (χ0v) is 18.1. The first kappa shape index (κ1) is 21.8. The number of piperidine rings is 1. The number of nitrogens with zero attached hydrogens (tertiary/aromatic N) is 3. The van der Waals surface area contributed by atoms with Crippen molar-refractivity contribution in [2.75, 3.05) is 52.4 Å². The minimum atomic E-state index is 0.0111. The van der Waals surface area contributed by atoms with Gasteiger partial charge in [0.15, 0.2) is 0 Å². The number of rotatable bonds is 6. The Labute approximate surface area is 175 Å². The van der Waals surface area contributed by atoms with Crippen LogP contribution in [0, 0.1) is 11.8 Å². The highest BCUT2D eigenvalue weighted by Crippen LogP contribution is 2.21. The van der Waals surface area contributed by atoms with E-state index in [1.807, 2.05) is 42.2 Å². The number of likely N-dealkylation sites (tertiary alicyclic amines) is 1. The van der Waals surface area contributed by atoms with Gasteiger partial charge < -0.3 is 10.2 Å². The number of piperazine rings is 1. The summed E-state index contributed by atoms with van der Waals surface area (Å²) in [6, 6.07) is 10.0. The van der Waals surface area contributed by atoms with Gasteiger partial charge in [0.25, 0.3) is 0 Å². The quantitative estimate of drug-likeness (QED) is 0.793. The van der Waals surface area contributed by atoms with E-state index in [4.69, 9.17) is 0 Å². The Kier molecular flexibility index (Phi) is 7.67. The highest BCUT2D eigenvalue weighted by molar-refractivity contribution is 5.79. The fourth-order valence-electron chi connectivity index (χ4n) is 4.58. The first-order valence-corrected chi connectivity index (χ1v) is 11.0.